The van der Waals surface area contributed by atoms with E-state index in [0.29, 0.717) is 11.8 Å². The molecule has 0 N–H and O–H groups in total. The fourth-order valence-electron chi connectivity index (χ4n) is 3.70. The van der Waals surface area contributed by atoms with Gasteiger partial charge < -0.3 is 14.2 Å². The van der Waals surface area contributed by atoms with E-state index in [-0.39, 0.29) is 30.2 Å². The number of rotatable bonds is 6. The maximum atomic E-state index is 11.6. The molecule has 0 aromatic carbocycles. The van der Waals surface area contributed by atoms with E-state index in [4.69, 9.17) is 14.2 Å². The van der Waals surface area contributed by atoms with Gasteiger partial charge in [0.2, 0.25) is 0 Å². The maximum Gasteiger partial charge on any atom is 0.309 e. The van der Waals surface area contributed by atoms with Crippen LogP contribution in [0.4, 0.5) is 0 Å². The van der Waals surface area contributed by atoms with Crippen LogP contribution in [0.3, 0.4) is 0 Å². The second-order valence-electron chi connectivity index (χ2n) is 5.72. The van der Waals surface area contributed by atoms with E-state index in [2.05, 4.69) is 6.58 Å². The molecule has 0 radical (unpaired) electrons. The molecule has 4 nitrogen and oxygen atoms in total. The van der Waals surface area contributed by atoms with Gasteiger partial charge in [-0.2, -0.15) is 0 Å². The molecular formula is C15H20O4. The number of esters is 1. The molecule has 1 aliphatic heterocycles. The molecule has 0 aromatic heterocycles. The van der Waals surface area contributed by atoms with Crippen molar-refractivity contribution in [1.82, 2.24) is 0 Å². The van der Waals surface area contributed by atoms with Crippen LogP contribution in [0.1, 0.15) is 26.2 Å². The standard InChI is InChI=1S/C15H20O4/c1-3-17-9(2)5-4-6-18-13-10-7-11-12(8-10)15(16)19-14(11)13/h3-4,6,9-14H,1,5,7-8H2,2H3/b6-4+. The summed E-state index contributed by atoms with van der Waals surface area (Å²) in [6.45, 7) is 5.50. The second-order valence-corrected chi connectivity index (χ2v) is 5.72. The summed E-state index contributed by atoms with van der Waals surface area (Å²) >= 11 is 0. The third-order valence-electron chi connectivity index (χ3n) is 4.54. The van der Waals surface area contributed by atoms with Gasteiger partial charge in [-0.25, -0.2) is 0 Å². The van der Waals surface area contributed by atoms with Gasteiger partial charge >= 0.3 is 5.97 Å². The van der Waals surface area contributed by atoms with Crippen LogP contribution in [0.2, 0.25) is 0 Å². The third kappa shape index (κ3) is 2.13. The Balaban J connectivity index is 1.51. The molecule has 2 bridgehead atoms. The van der Waals surface area contributed by atoms with E-state index in [9.17, 15) is 4.79 Å². The molecule has 4 heteroatoms. The first kappa shape index (κ1) is 12.6. The van der Waals surface area contributed by atoms with E-state index in [1.165, 1.54) is 6.26 Å². The maximum absolute atomic E-state index is 11.6. The highest BCUT2D eigenvalue weighted by atomic mass is 16.6. The first-order valence-electron chi connectivity index (χ1n) is 6.98. The Labute approximate surface area is 113 Å². The lowest BCUT2D eigenvalue weighted by Crippen LogP contribution is -2.32. The van der Waals surface area contributed by atoms with Crippen molar-refractivity contribution in [1.29, 1.82) is 0 Å². The van der Waals surface area contributed by atoms with Crippen molar-refractivity contribution in [2.45, 2.75) is 44.5 Å². The number of carbonyl (C=O) groups is 1. The average molecular weight is 264 g/mol. The van der Waals surface area contributed by atoms with Crippen LogP contribution in [-0.4, -0.2) is 24.3 Å². The van der Waals surface area contributed by atoms with Crippen LogP contribution in [0.25, 0.3) is 0 Å². The molecule has 0 amide bonds. The van der Waals surface area contributed by atoms with Crippen LogP contribution in [0, 0.1) is 17.8 Å². The van der Waals surface area contributed by atoms with Gasteiger partial charge in [-0.3, -0.25) is 4.79 Å². The Hall–Kier alpha value is -1.45. The van der Waals surface area contributed by atoms with Crippen LogP contribution >= 0.6 is 0 Å². The van der Waals surface area contributed by atoms with Gasteiger partial charge in [0.25, 0.3) is 0 Å². The van der Waals surface area contributed by atoms with E-state index in [0.717, 1.165) is 19.3 Å². The van der Waals surface area contributed by atoms with Crippen molar-refractivity contribution in [2.24, 2.45) is 17.8 Å². The van der Waals surface area contributed by atoms with Gasteiger partial charge in [-0.05, 0) is 25.8 Å². The smallest absolute Gasteiger partial charge is 0.309 e. The SMILES string of the molecule is C=COC(C)C/C=C/OC1C2CC3C(=O)OC1C3C2. The van der Waals surface area contributed by atoms with E-state index < -0.39 is 0 Å². The average Bonchev–Trinajstić information content (AvgIpc) is 2.98. The van der Waals surface area contributed by atoms with Gasteiger partial charge in [-0.1, -0.05) is 6.58 Å². The van der Waals surface area contributed by atoms with Crippen molar-refractivity contribution in [3.8, 4) is 0 Å². The molecule has 3 fully saturated rings. The molecule has 19 heavy (non-hydrogen) atoms. The van der Waals surface area contributed by atoms with Gasteiger partial charge in [0.1, 0.15) is 12.2 Å². The highest BCUT2D eigenvalue weighted by Crippen LogP contribution is 2.55. The zero-order valence-electron chi connectivity index (χ0n) is 11.2. The largest absolute Gasteiger partial charge is 0.499 e. The lowest BCUT2D eigenvalue weighted by molar-refractivity contribution is -0.145. The summed E-state index contributed by atoms with van der Waals surface area (Å²) in [5, 5.41) is 0. The fraction of sp³-hybridized carbons (Fsp3) is 0.667. The van der Waals surface area contributed by atoms with E-state index in [1.54, 1.807) is 6.26 Å². The van der Waals surface area contributed by atoms with Gasteiger partial charge in [-0.15, -0.1) is 0 Å². The molecule has 2 aliphatic carbocycles. The van der Waals surface area contributed by atoms with Crippen molar-refractivity contribution < 1.29 is 19.0 Å². The Morgan fingerprint density at radius 3 is 3.16 bits per heavy atom. The van der Waals surface area contributed by atoms with Crippen LogP contribution in [0.5, 0.6) is 0 Å². The number of hydrogen-bond acceptors (Lipinski definition) is 4. The number of fused-ring (bicyclic) bond motifs is 1. The third-order valence-corrected chi connectivity index (χ3v) is 4.54. The molecule has 3 rings (SSSR count). The predicted molar refractivity (Wildman–Crippen MR) is 69.0 cm³/mol. The summed E-state index contributed by atoms with van der Waals surface area (Å²) in [5.41, 5.74) is 0. The minimum atomic E-state index is -0.0133. The Bertz CT molecular complexity index is 403. The van der Waals surface area contributed by atoms with Crippen LogP contribution in [0.15, 0.2) is 25.2 Å². The zero-order chi connectivity index (χ0) is 13.4. The Kier molecular flexibility index (Phi) is 3.25. The van der Waals surface area contributed by atoms with Crippen molar-refractivity contribution in [2.75, 3.05) is 0 Å². The normalized spacial score (nSPS) is 40.5. The molecule has 1 saturated heterocycles. The summed E-state index contributed by atoms with van der Waals surface area (Å²) in [6, 6.07) is 0. The number of ether oxygens (including phenoxy) is 3. The zero-order valence-corrected chi connectivity index (χ0v) is 11.2. The monoisotopic (exact) mass is 264 g/mol. The highest BCUT2D eigenvalue weighted by Gasteiger charge is 2.62. The lowest BCUT2D eigenvalue weighted by Gasteiger charge is -2.24. The van der Waals surface area contributed by atoms with Crippen molar-refractivity contribution in [3.63, 3.8) is 0 Å². The van der Waals surface area contributed by atoms with Crippen molar-refractivity contribution in [3.05, 3.63) is 25.2 Å². The van der Waals surface area contributed by atoms with E-state index >= 15 is 0 Å². The lowest BCUT2D eigenvalue weighted by atomic mass is 9.88. The number of carbonyl (C=O) groups excluding carboxylic acids is 1. The first-order chi connectivity index (χ1) is 9.20. The Morgan fingerprint density at radius 2 is 2.37 bits per heavy atom. The predicted octanol–water partition coefficient (Wildman–Crippen LogP) is 2.41. The minimum absolute atomic E-state index is 0.0113. The van der Waals surface area contributed by atoms with E-state index in [1.807, 2.05) is 13.0 Å². The molecular weight excluding hydrogens is 244 g/mol. The molecule has 6 atom stereocenters. The molecule has 104 valence electrons. The summed E-state index contributed by atoms with van der Waals surface area (Å²) < 4.78 is 16.5. The minimum Gasteiger partial charge on any atom is -0.499 e. The molecule has 6 unspecified atom stereocenters. The van der Waals surface area contributed by atoms with Crippen LogP contribution in [-0.2, 0) is 19.0 Å². The summed E-state index contributed by atoms with van der Waals surface area (Å²) in [4.78, 5) is 11.6. The molecule has 0 spiro atoms. The van der Waals surface area contributed by atoms with Gasteiger partial charge in [0.15, 0.2) is 0 Å². The molecule has 3 aliphatic rings. The second kappa shape index (κ2) is 4.91. The van der Waals surface area contributed by atoms with Gasteiger partial charge in [0.05, 0.1) is 24.5 Å². The molecule has 1 heterocycles. The topological polar surface area (TPSA) is 44.8 Å². The van der Waals surface area contributed by atoms with Gasteiger partial charge in [0, 0.05) is 18.3 Å². The molecule has 0 aromatic rings. The molecule has 2 saturated carbocycles. The Morgan fingerprint density at radius 1 is 1.53 bits per heavy atom. The highest BCUT2D eigenvalue weighted by molar-refractivity contribution is 5.76. The van der Waals surface area contributed by atoms with Crippen LogP contribution < -0.4 is 0 Å². The van der Waals surface area contributed by atoms with Crippen molar-refractivity contribution >= 4 is 5.97 Å². The fourth-order valence-corrected chi connectivity index (χ4v) is 3.70. The summed E-state index contributed by atoms with van der Waals surface area (Å²) in [6.07, 6.45) is 8.08. The first-order valence-corrected chi connectivity index (χ1v) is 6.98. The summed E-state index contributed by atoms with van der Waals surface area (Å²) in [7, 11) is 0. The number of hydrogen-bond donors (Lipinski definition) is 0. The summed E-state index contributed by atoms with van der Waals surface area (Å²) in [5.74, 6) is 1.03. The quantitative estimate of drug-likeness (QED) is 0.546.